The molecule has 2 atom stereocenters. The average molecular weight is 247 g/mol. The Balaban J connectivity index is 2.12. The lowest BCUT2D eigenvalue weighted by Gasteiger charge is -2.26. The molecule has 0 bridgehead atoms. The van der Waals surface area contributed by atoms with Crippen molar-refractivity contribution in [2.75, 3.05) is 13.7 Å². The largest absolute Gasteiger partial charge is 0.497 e. The minimum atomic E-state index is 0.182. The number of hydrogen-bond donors (Lipinski definition) is 1. The summed E-state index contributed by atoms with van der Waals surface area (Å²) in [7, 11) is 1.71. The van der Waals surface area contributed by atoms with Crippen molar-refractivity contribution in [1.29, 1.82) is 0 Å². The predicted octanol–water partition coefficient (Wildman–Crippen LogP) is 3.36. The van der Waals surface area contributed by atoms with Gasteiger partial charge >= 0.3 is 0 Å². The van der Waals surface area contributed by atoms with Crippen LogP contribution >= 0.6 is 0 Å². The summed E-state index contributed by atoms with van der Waals surface area (Å²) in [5.41, 5.74) is 1.95. The number of methoxy groups -OCH3 is 1. The van der Waals surface area contributed by atoms with E-state index in [2.05, 4.69) is 57.3 Å². The first kappa shape index (κ1) is 13.4. The van der Waals surface area contributed by atoms with Gasteiger partial charge in [-0.25, -0.2) is 0 Å². The molecule has 0 aromatic heterocycles. The third kappa shape index (κ3) is 2.69. The number of ether oxygens (including phenoxy) is 1. The molecule has 0 radical (unpaired) electrons. The van der Waals surface area contributed by atoms with Crippen molar-refractivity contribution in [2.45, 2.75) is 45.1 Å². The van der Waals surface area contributed by atoms with Gasteiger partial charge in [0.25, 0.3) is 0 Å². The molecule has 0 heterocycles. The number of benzene rings is 1. The van der Waals surface area contributed by atoms with E-state index in [1.165, 1.54) is 12.0 Å². The Labute approximate surface area is 111 Å². The summed E-state index contributed by atoms with van der Waals surface area (Å²) in [6.45, 7) is 10.1. The van der Waals surface area contributed by atoms with E-state index in [1.54, 1.807) is 7.11 Å². The van der Waals surface area contributed by atoms with Gasteiger partial charge in [-0.1, -0.05) is 19.1 Å². The van der Waals surface area contributed by atoms with E-state index in [-0.39, 0.29) is 5.54 Å². The Kier molecular flexibility index (Phi) is 3.41. The maximum atomic E-state index is 5.23. The van der Waals surface area contributed by atoms with E-state index < -0.39 is 0 Å². The summed E-state index contributed by atoms with van der Waals surface area (Å²) in [6, 6.07) is 8.57. The smallest absolute Gasteiger partial charge is 0.118 e. The zero-order valence-electron chi connectivity index (χ0n) is 12.2. The highest BCUT2D eigenvalue weighted by molar-refractivity contribution is 5.38. The Hall–Kier alpha value is -1.02. The van der Waals surface area contributed by atoms with Gasteiger partial charge in [0.15, 0.2) is 0 Å². The lowest BCUT2D eigenvalue weighted by molar-refractivity contribution is 0.391. The lowest BCUT2D eigenvalue weighted by Crippen LogP contribution is -2.41. The highest BCUT2D eigenvalue weighted by Crippen LogP contribution is 2.53. The Morgan fingerprint density at radius 2 is 1.83 bits per heavy atom. The van der Waals surface area contributed by atoms with Gasteiger partial charge < -0.3 is 10.1 Å². The normalized spacial score (nSPS) is 27.1. The topological polar surface area (TPSA) is 21.3 Å². The van der Waals surface area contributed by atoms with Crippen LogP contribution in [0.1, 0.15) is 39.7 Å². The molecule has 2 unspecified atom stereocenters. The van der Waals surface area contributed by atoms with Gasteiger partial charge in [0, 0.05) is 17.5 Å². The van der Waals surface area contributed by atoms with Gasteiger partial charge in [0.05, 0.1) is 7.11 Å². The average Bonchev–Trinajstić information content (AvgIpc) is 2.98. The zero-order chi connectivity index (χ0) is 13.4. The van der Waals surface area contributed by atoms with Crippen molar-refractivity contribution < 1.29 is 4.74 Å². The van der Waals surface area contributed by atoms with Crippen molar-refractivity contribution in [3.63, 3.8) is 0 Å². The fraction of sp³-hybridized carbons (Fsp3) is 0.625. The van der Waals surface area contributed by atoms with E-state index >= 15 is 0 Å². The monoisotopic (exact) mass is 247 g/mol. The third-order valence-electron chi connectivity index (χ3n) is 4.05. The fourth-order valence-corrected chi connectivity index (χ4v) is 2.58. The molecule has 0 aliphatic heterocycles. The molecule has 0 amide bonds. The highest BCUT2D eigenvalue weighted by Gasteiger charge is 2.52. The number of nitrogens with one attached hydrogen (secondary N) is 1. The molecule has 0 spiro atoms. The lowest BCUT2D eigenvalue weighted by atomic mass is 9.92. The van der Waals surface area contributed by atoms with Crippen molar-refractivity contribution >= 4 is 0 Å². The Bertz CT molecular complexity index is 404. The van der Waals surface area contributed by atoms with Crippen LogP contribution in [-0.2, 0) is 5.41 Å². The van der Waals surface area contributed by atoms with E-state index in [0.717, 1.165) is 18.2 Å². The van der Waals surface area contributed by atoms with Crippen LogP contribution < -0.4 is 10.1 Å². The summed E-state index contributed by atoms with van der Waals surface area (Å²) in [5, 5.41) is 3.65. The molecular formula is C16H25NO. The first-order valence-electron chi connectivity index (χ1n) is 6.77. The SMILES string of the molecule is COc1ccc(C2(CNC(C)(C)C)CC2C)cc1. The van der Waals surface area contributed by atoms with E-state index in [9.17, 15) is 0 Å². The second-order valence-electron chi connectivity index (χ2n) is 6.59. The molecule has 0 saturated heterocycles. The summed E-state index contributed by atoms with van der Waals surface area (Å²) in [5.74, 6) is 1.70. The first-order chi connectivity index (χ1) is 8.37. The van der Waals surface area contributed by atoms with Crippen LogP contribution in [0.25, 0.3) is 0 Å². The van der Waals surface area contributed by atoms with E-state index in [0.29, 0.717) is 5.41 Å². The summed E-state index contributed by atoms with van der Waals surface area (Å²) in [4.78, 5) is 0. The summed E-state index contributed by atoms with van der Waals surface area (Å²) < 4.78 is 5.23. The zero-order valence-corrected chi connectivity index (χ0v) is 12.2. The molecule has 1 aliphatic carbocycles. The van der Waals surface area contributed by atoms with Crippen LogP contribution in [0, 0.1) is 5.92 Å². The molecule has 100 valence electrons. The molecule has 1 fully saturated rings. The first-order valence-corrected chi connectivity index (χ1v) is 6.77. The fourth-order valence-electron chi connectivity index (χ4n) is 2.58. The van der Waals surface area contributed by atoms with Crippen LogP contribution in [0.3, 0.4) is 0 Å². The second-order valence-corrected chi connectivity index (χ2v) is 6.59. The summed E-state index contributed by atoms with van der Waals surface area (Å²) >= 11 is 0. The van der Waals surface area contributed by atoms with Crippen molar-refractivity contribution in [3.05, 3.63) is 29.8 Å². The molecule has 2 heteroatoms. The quantitative estimate of drug-likeness (QED) is 0.881. The van der Waals surface area contributed by atoms with Crippen LogP contribution in [0.15, 0.2) is 24.3 Å². The number of hydrogen-bond acceptors (Lipinski definition) is 2. The number of rotatable bonds is 4. The minimum Gasteiger partial charge on any atom is -0.497 e. The maximum absolute atomic E-state index is 5.23. The van der Waals surface area contributed by atoms with Crippen molar-refractivity contribution in [2.24, 2.45) is 5.92 Å². The Morgan fingerprint density at radius 1 is 1.28 bits per heavy atom. The molecule has 2 nitrogen and oxygen atoms in total. The maximum Gasteiger partial charge on any atom is 0.118 e. The van der Waals surface area contributed by atoms with Gasteiger partial charge in [-0.2, -0.15) is 0 Å². The summed E-state index contributed by atoms with van der Waals surface area (Å²) in [6.07, 6.45) is 1.28. The van der Waals surface area contributed by atoms with Crippen LogP contribution in [0.4, 0.5) is 0 Å². The van der Waals surface area contributed by atoms with E-state index in [4.69, 9.17) is 4.74 Å². The van der Waals surface area contributed by atoms with Crippen LogP contribution in [-0.4, -0.2) is 19.2 Å². The van der Waals surface area contributed by atoms with Crippen molar-refractivity contribution in [1.82, 2.24) is 5.32 Å². The molecule has 2 rings (SSSR count). The van der Waals surface area contributed by atoms with Crippen LogP contribution in [0.2, 0.25) is 0 Å². The van der Waals surface area contributed by atoms with Gasteiger partial charge in [-0.15, -0.1) is 0 Å². The highest BCUT2D eigenvalue weighted by atomic mass is 16.5. The predicted molar refractivity (Wildman–Crippen MR) is 76.2 cm³/mol. The molecule has 1 N–H and O–H groups in total. The standard InChI is InChI=1S/C16H25NO/c1-12-10-16(12,11-17-15(2,3)4)13-6-8-14(18-5)9-7-13/h6-9,12,17H,10-11H2,1-5H3. The van der Waals surface area contributed by atoms with Gasteiger partial charge in [-0.05, 0) is 50.8 Å². The third-order valence-corrected chi connectivity index (χ3v) is 4.05. The molecule has 1 aromatic carbocycles. The van der Waals surface area contributed by atoms with Crippen LogP contribution in [0.5, 0.6) is 5.75 Å². The molecular weight excluding hydrogens is 222 g/mol. The van der Waals surface area contributed by atoms with E-state index in [1.807, 2.05) is 0 Å². The molecule has 1 aliphatic rings. The minimum absolute atomic E-state index is 0.182. The van der Waals surface area contributed by atoms with Gasteiger partial charge in [0.2, 0.25) is 0 Å². The van der Waals surface area contributed by atoms with Crippen molar-refractivity contribution in [3.8, 4) is 5.75 Å². The molecule has 1 saturated carbocycles. The molecule has 18 heavy (non-hydrogen) atoms. The Morgan fingerprint density at radius 3 is 2.22 bits per heavy atom. The molecule has 1 aromatic rings. The van der Waals surface area contributed by atoms with Gasteiger partial charge in [0.1, 0.15) is 5.75 Å². The second kappa shape index (κ2) is 4.58. The van der Waals surface area contributed by atoms with Gasteiger partial charge in [-0.3, -0.25) is 0 Å².